The number of halogens is 1. The minimum absolute atomic E-state index is 0.0462. The van der Waals surface area contributed by atoms with Crippen LogP contribution in [0.5, 0.6) is 0 Å². The number of hydrogen-bond acceptors (Lipinski definition) is 0. The molecule has 0 aliphatic heterocycles. The molecule has 0 nitrogen and oxygen atoms in total. The normalized spacial score (nSPS) is 8.50. The molecule has 0 aliphatic rings. The van der Waals surface area contributed by atoms with Gasteiger partial charge in [-0.25, -0.2) is 4.39 Å². The molecule has 0 rings (SSSR count). The Bertz CT molecular complexity index is 205. The van der Waals surface area contributed by atoms with Crippen molar-refractivity contribution in [2.45, 2.75) is 61.3 Å². The van der Waals surface area contributed by atoms with Gasteiger partial charge in [0.1, 0.15) is 5.83 Å². The number of allylic oxidation sites excluding steroid dienone is 5. The lowest BCUT2D eigenvalue weighted by atomic mass is 10.2. The second kappa shape index (κ2) is 16.6. The molecule has 0 atom stereocenters. The highest BCUT2D eigenvalue weighted by Crippen LogP contribution is 2.10. The van der Waals surface area contributed by atoms with E-state index in [0.717, 1.165) is 17.6 Å². The van der Waals surface area contributed by atoms with Crippen molar-refractivity contribution < 1.29 is 4.39 Å². The van der Waals surface area contributed by atoms with E-state index in [1.807, 2.05) is 46.8 Å². The second-order valence-corrected chi connectivity index (χ2v) is 3.02. The van der Waals surface area contributed by atoms with E-state index in [4.69, 9.17) is 0 Å². The Labute approximate surface area is 102 Å². The minimum Gasteiger partial charge on any atom is -0.212 e. The van der Waals surface area contributed by atoms with Crippen LogP contribution in [-0.4, -0.2) is 0 Å². The zero-order valence-electron chi connectivity index (χ0n) is 12.2. The molecule has 0 aromatic rings. The van der Waals surface area contributed by atoms with Gasteiger partial charge in [0.05, 0.1) is 0 Å². The van der Waals surface area contributed by atoms with E-state index in [0.29, 0.717) is 6.42 Å². The summed E-state index contributed by atoms with van der Waals surface area (Å²) < 4.78 is 12.9. The summed E-state index contributed by atoms with van der Waals surface area (Å²) in [6.45, 7) is 17.4. The van der Waals surface area contributed by atoms with Crippen LogP contribution in [0.4, 0.5) is 4.39 Å². The van der Waals surface area contributed by atoms with Gasteiger partial charge in [0, 0.05) is 6.42 Å². The Morgan fingerprint density at radius 1 is 1.12 bits per heavy atom. The molecule has 16 heavy (non-hydrogen) atoms. The molecule has 0 fully saturated rings. The lowest BCUT2D eigenvalue weighted by molar-refractivity contribution is 0.605. The predicted molar refractivity (Wildman–Crippen MR) is 75.4 cm³/mol. The van der Waals surface area contributed by atoms with Gasteiger partial charge in [-0.3, -0.25) is 0 Å². The first-order valence-electron chi connectivity index (χ1n) is 6.24. The highest BCUT2D eigenvalue weighted by atomic mass is 19.1. The van der Waals surface area contributed by atoms with Gasteiger partial charge in [0.2, 0.25) is 0 Å². The maximum atomic E-state index is 12.9. The summed E-state index contributed by atoms with van der Waals surface area (Å²) in [5.74, 6) is -0.0462. The monoisotopic (exact) mass is 228 g/mol. The van der Waals surface area contributed by atoms with Crippen molar-refractivity contribution in [3.63, 3.8) is 0 Å². The van der Waals surface area contributed by atoms with Crippen molar-refractivity contribution in [1.82, 2.24) is 0 Å². The Morgan fingerprint density at radius 2 is 1.56 bits per heavy atom. The Morgan fingerprint density at radius 3 is 1.88 bits per heavy atom. The van der Waals surface area contributed by atoms with E-state index in [2.05, 4.69) is 6.58 Å². The molecule has 96 valence electrons. The summed E-state index contributed by atoms with van der Waals surface area (Å²) in [7, 11) is 0. The topological polar surface area (TPSA) is 0 Å². The first-order chi connectivity index (χ1) is 7.57. The molecule has 0 aromatic carbocycles. The zero-order valence-corrected chi connectivity index (χ0v) is 12.2. The highest BCUT2D eigenvalue weighted by Gasteiger charge is 1.92. The lowest BCUT2D eigenvalue weighted by Gasteiger charge is -1.94. The average Bonchev–Trinajstić information content (AvgIpc) is 2.33. The van der Waals surface area contributed by atoms with Gasteiger partial charge in [0.15, 0.2) is 0 Å². The van der Waals surface area contributed by atoms with E-state index in [9.17, 15) is 4.39 Å². The summed E-state index contributed by atoms with van der Waals surface area (Å²) in [6, 6.07) is 0. The summed E-state index contributed by atoms with van der Waals surface area (Å²) in [6.07, 6.45) is 5.00. The van der Waals surface area contributed by atoms with Gasteiger partial charge < -0.3 is 0 Å². The van der Waals surface area contributed by atoms with Crippen LogP contribution in [-0.2, 0) is 0 Å². The van der Waals surface area contributed by atoms with Gasteiger partial charge in [-0.05, 0) is 25.8 Å². The molecule has 0 spiro atoms. The molecule has 0 bridgehead atoms. The largest absolute Gasteiger partial charge is 0.212 e. The van der Waals surface area contributed by atoms with E-state index < -0.39 is 0 Å². The fraction of sp³-hybridized carbons (Fsp3) is 0.600. The summed E-state index contributed by atoms with van der Waals surface area (Å²) in [5.41, 5.74) is 1.79. The first-order valence-corrected chi connectivity index (χ1v) is 6.24. The van der Waals surface area contributed by atoms with Crippen molar-refractivity contribution in [2.24, 2.45) is 0 Å². The van der Waals surface area contributed by atoms with Gasteiger partial charge in [-0.15, -0.1) is 0 Å². The summed E-state index contributed by atoms with van der Waals surface area (Å²) in [5, 5.41) is 0. The van der Waals surface area contributed by atoms with Crippen molar-refractivity contribution >= 4 is 0 Å². The zero-order chi connectivity index (χ0) is 13.6. The van der Waals surface area contributed by atoms with E-state index in [1.165, 1.54) is 0 Å². The van der Waals surface area contributed by atoms with E-state index >= 15 is 0 Å². The molecular weight excluding hydrogens is 199 g/mol. The fourth-order valence-corrected chi connectivity index (χ4v) is 0.651. The van der Waals surface area contributed by atoms with Crippen molar-refractivity contribution in [1.29, 1.82) is 0 Å². The molecule has 0 heterocycles. The van der Waals surface area contributed by atoms with Crippen molar-refractivity contribution in [2.75, 3.05) is 0 Å². The highest BCUT2D eigenvalue weighted by molar-refractivity contribution is 5.16. The summed E-state index contributed by atoms with van der Waals surface area (Å²) in [4.78, 5) is 0. The van der Waals surface area contributed by atoms with Gasteiger partial charge in [-0.1, -0.05) is 58.9 Å². The molecule has 0 N–H and O–H groups in total. The lowest BCUT2D eigenvalue weighted by Crippen LogP contribution is -1.76. The Kier molecular flexibility index (Phi) is 21.3. The molecule has 0 aliphatic carbocycles. The Balaban J connectivity index is -0.000000376. The van der Waals surface area contributed by atoms with Crippen LogP contribution in [0.1, 0.15) is 61.3 Å². The minimum atomic E-state index is -0.0462. The molecule has 0 amide bonds. The van der Waals surface area contributed by atoms with E-state index in [-0.39, 0.29) is 5.83 Å². The number of rotatable bonds is 4. The maximum absolute atomic E-state index is 12.9. The van der Waals surface area contributed by atoms with Crippen LogP contribution in [0.3, 0.4) is 0 Å². The predicted octanol–water partition coefficient (Wildman–Crippen LogP) is 6.21. The fourth-order valence-electron chi connectivity index (χ4n) is 0.651. The van der Waals surface area contributed by atoms with Crippen LogP contribution >= 0.6 is 0 Å². The first kappa shape index (κ1) is 20.5. The smallest absolute Gasteiger partial charge is 0.102 e. The molecule has 0 radical (unpaired) electrons. The Hall–Kier alpha value is -0.850. The van der Waals surface area contributed by atoms with Gasteiger partial charge in [-0.2, -0.15) is 0 Å². The quantitative estimate of drug-likeness (QED) is 0.501. The molecule has 0 aromatic heterocycles. The molecular formula is C15H29F. The third-order valence-electron chi connectivity index (χ3n) is 1.65. The van der Waals surface area contributed by atoms with Crippen LogP contribution in [0.15, 0.2) is 35.7 Å². The van der Waals surface area contributed by atoms with Crippen LogP contribution in [0.2, 0.25) is 0 Å². The molecule has 0 saturated carbocycles. The number of hydrogen-bond donors (Lipinski definition) is 0. The van der Waals surface area contributed by atoms with Crippen LogP contribution in [0.25, 0.3) is 0 Å². The standard InChI is InChI=1S/C11H17F.2C2H6/c1-5-10(4)7-6-8-11(12)9(2)3;2*1-2/h6-7H,4-5,8H2,1-3H3;2*1-2H3. The van der Waals surface area contributed by atoms with E-state index in [1.54, 1.807) is 13.8 Å². The molecule has 0 saturated heterocycles. The maximum Gasteiger partial charge on any atom is 0.102 e. The third kappa shape index (κ3) is 15.6. The molecule has 0 unspecified atom stereocenters. The van der Waals surface area contributed by atoms with Gasteiger partial charge >= 0.3 is 0 Å². The SMILES string of the molecule is C=C(C=CCC(F)=C(C)C)CC.CC.CC. The van der Waals surface area contributed by atoms with Crippen LogP contribution in [0, 0.1) is 0 Å². The van der Waals surface area contributed by atoms with Crippen LogP contribution < -0.4 is 0 Å². The molecule has 1 heteroatoms. The average molecular weight is 228 g/mol. The van der Waals surface area contributed by atoms with Crippen molar-refractivity contribution in [3.05, 3.63) is 35.7 Å². The summed E-state index contributed by atoms with van der Waals surface area (Å²) >= 11 is 0. The van der Waals surface area contributed by atoms with Crippen molar-refractivity contribution in [3.8, 4) is 0 Å². The van der Waals surface area contributed by atoms with Gasteiger partial charge in [0.25, 0.3) is 0 Å². The second-order valence-electron chi connectivity index (χ2n) is 3.02. The third-order valence-corrected chi connectivity index (χ3v) is 1.65.